The van der Waals surface area contributed by atoms with E-state index in [1.165, 1.54) is 17.9 Å². The zero-order chi connectivity index (χ0) is 6.69. The van der Waals surface area contributed by atoms with Crippen molar-refractivity contribution in [3.8, 4) is 0 Å². The van der Waals surface area contributed by atoms with Crippen LogP contribution in [0.25, 0.3) is 0 Å². The maximum Gasteiger partial charge on any atom is 0.0349 e. The predicted molar refractivity (Wildman–Crippen MR) is 43.4 cm³/mol. The third-order valence-electron chi connectivity index (χ3n) is 1.48. The summed E-state index contributed by atoms with van der Waals surface area (Å²) in [7, 11) is 0. The number of thioether (sulfide) groups is 1. The second-order valence-corrected chi connectivity index (χ2v) is 3.29. The van der Waals surface area contributed by atoms with Crippen LogP contribution in [-0.4, -0.2) is 11.8 Å². The first-order valence-electron chi connectivity index (χ1n) is 3.38. The van der Waals surface area contributed by atoms with Gasteiger partial charge in [0.25, 0.3) is 0 Å². The molecule has 52 valence electrons. The van der Waals surface area contributed by atoms with Gasteiger partial charge in [0.2, 0.25) is 0 Å². The van der Waals surface area contributed by atoms with Gasteiger partial charge in [-0.05, 0) is 18.8 Å². The zero-order valence-electron chi connectivity index (χ0n) is 5.98. The van der Waals surface area contributed by atoms with Crippen molar-refractivity contribution in [2.45, 2.75) is 26.3 Å². The van der Waals surface area contributed by atoms with Crippen LogP contribution in [-0.2, 0) is 0 Å². The van der Waals surface area contributed by atoms with Crippen molar-refractivity contribution in [1.29, 1.82) is 0 Å². The summed E-state index contributed by atoms with van der Waals surface area (Å²) in [6.45, 7) is 4.34. The summed E-state index contributed by atoms with van der Waals surface area (Å²) in [5, 5.41) is 5.59. The van der Waals surface area contributed by atoms with Crippen LogP contribution in [0.4, 0.5) is 0 Å². The summed E-state index contributed by atoms with van der Waals surface area (Å²) in [6, 6.07) is 0.708. The predicted octanol–water partition coefficient (Wildman–Crippen LogP) is 1.96. The molecule has 0 spiro atoms. The molecule has 0 aromatic carbocycles. The topological polar surface area (TPSA) is 12.0 Å². The summed E-state index contributed by atoms with van der Waals surface area (Å²) in [4.78, 5) is 0. The molecule has 9 heavy (non-hydrogen) atoms. The van der Waals surface area contributed by atoms with Crippen LogP contribution >= 0.6 is 11.8 Å². The highest BCUT2D eigenvalue weighted by molar-refractivity contribution is 8.02. The molecule has 1 N–H and O–H groups in total. The van der Waals surface area contributed by atoms with E-state index in [4.69, 9.17) is 0 Å². The molecule has 0 bridgehead atoms. The molecule has 0 aromatic heterocycles. The second kappa shape index (κ2) is 3.16. The molecule has 0 saturated carbocycles. The fraction of sp³-hybridized carbons (Fsp3) is 0.714. The van der Waals surface area contributed by atoms with Crippen LogP contribution in [0, 0.1) is 0 Å². The van der Waals surface area contributed by atoms with Gasteiger partial charge in [0, 0.05) is 17.5 Å². The first kappa shape index (κ1) is 7.00. The van der Waals surface area contributed by atoms with Gasteiger partial charge in [-0.2, -0.15) is 0 Å². The Hall–Kier alpha value is -0.110. The van der Waals surface area contributed by atoms with Crippen molar-refractivity contribution in [1.82, 2.24) is 5.32 Å². The molecule has 1 unspecified atom stereocenters. The van der Waals surface area contributed by atoms with Crippen molar-refractivity contribution in [3.05, 3.63) is 11.1 Å². The number of nitrogens with one attached hydrogen (secondary N) is 1. The standard InChI is InChI=1S/C7H13NS/c1-3-7-5-9-4-6(2)8-7/h4,7-8H,3,5H2,1-2H3. The first-order chi connectivity index (χ1) is 4.33. The van der Waals surface area contributed by atoms with Gasteiger partial charge in [0.15, 0.2) is 0 Å². The van der Waals surface area contributed by atoms with Crippen LogP contribution in [0.5, 0.6) is 0 Å². The molecule has 0 aromatic rings. The molecule has 2 heteroatoms. The van der Waals surface area contributed by atoms with Gasteiger partial charge in [-0.1, -0.05) is 6.92 Å². The molecule has 0 aliphatic carbocycles. The quantitative estimate of drug-likeness (QED) is 0.602. The monoisotopic (exact) mass is 143 g/mol. The fourth-order valence-corrected chi connectivity index (χ4v) is 1.87. The molecule has 1 atom stereocenters. The van der Waals surface area contributed by atoms with E-state index < -0.39 is 0 Å². The van der Waals surface area contributed by atoms with Crippen LogP contribution in [0.1, 0.15) is 20.3 Å². The molecule has 0 amide bonds. The third kappa shape index (κ3) is 1.94. The summed E-state index contributed by atoms with van der Waals surface area (Å²) >= 11 is 1.91. The first-order valence-corrected chi connectivity index (χ1v) is 4.42. The minimum Gasteiger partial charge on any atom is -0.385 e. The van der Waals surface area contributed by atoms with E-state index in [1.54, 1.807) is 0 Å². The molecular formula is C7H13NS. The Morgan fingerprint density at radius 1 is 1.89 bits per heavy atom. The number of rotatable bonds is 1. The Kier molecular flexibility index (Phi) is 2.46. The van der Waals surface area contributed by atoms with E-state index in [2.05, 4.69) is 24.6 Å². The highest BCUT2D eigenvalue weighted by Gasteiger charge is 2.08. The summed E-state index contributed by atoms with van der Waals surface area (Å²) in [5.74, 6) is 1.23. The van der Waals surface area contributed by atoms with Crippen molar-refractivity contribution in [2.24, 2.45) is 0 Å². The highest BCUT2D eigenvalue weighted by atomic mass is 32.2. The lowest BCUT2D eigenvalue weighted by molar-refractivity contribution is 0.600. The Labute approximate surface area is 60.9 Å². The summed E-state index contributed by atoms with van der Waals surface area (Å²) < 4.78 is 0. The van der Waals surface area contributed by atoms with Gasteiger partial charge in [0.1, 0.15) is 0 Å². The Morgan fingerprint density at radius 2 is 2.67 bits per heavy atom. The van der Waals surface area contributed by atoms with Gasteiger partial charge in [-0.3, -0.25) is 0 Å². The average Bonchev–Trinajstić information content (AvgIpc) is 1.88. The summed E-state index contributed by atoms with van der Waals surface area (Å²) in [6.07, 6.45) is 1.23. The zero-order valence-corrected chi connectivity index (χ0v) is 6.79. The van der Waals surface area contributed by atoms with Crippen LogP contribution < -0.4 is 5.32 Å². The largest absolute Gasteiger partial charge is 0.385 e. The van der Waals surface area contributed by atoms with Crippen molar-refractivity contribution in [2.75, 3.05) is 5.75 Å². The van der Waals surface area contributed by atoms with Crippen LogP contribution in [0.15, 0.2) is 11.1 Å². The van der Waals surface area contributed by atoms with E-state index in [-0.39, 0.29) is 0 Å². The van der Waals surface area contributed by atoms with E-state index >= 15 is 0 Å². The van der Waals surface area contributed by atoms with Gasteiger partial charge in [-0.25, -0.2) is 0 Å². The van der Waals surface area contributed by atoms with Gasteiger partial charge in [-0.15, -0.1) is 11.8 Å². The number of allylic oxidation sites excluding steroid dienone is 1. The highest BCUT2D eigenvalue weighted by Crippen LogP contribution is 2.15. The smallest absolute Gasteiger partial charge is 0.0349 e. The number of hydrogen-bond donors (Lipinski definition) is 1. The third-order valence-corrected chi connectivity index (χ3v) is 2.60. The summed E-state index contributed by atoms with van der Waals surface area (Å²) in [5.41, 5.74) is 1.32. The molecule has 1 aliphatic rings. The SMILES string of the molecule is CCC1CSC=C(C)N1. The molecule has 1 aliphatic heterocycles. The molecule has 0 saturated heterocycles. The molecule has 1 rings (SSSR count). The molecular weight excluding hydrogens is 130 g/mol. The molecule has 1 nitrogen and oxygen atoms in total. The molecule has 0 fully saturated rings. The van der Waals surface area contributed by atoms with Gasteiger partial charge in [0.05, 0.1) is 0 Å². The Morgan fingerprint density at radius 3 is 3.11 bits per heavy atom. The lowest BCUT2D eigenvalue weighted by atomic mass is 10.2. The number of hydrogen-bond acceptors (Lipinski definition) is 2. The van der Waals surface area contributed by atoms with Gasteiger partial charge < -0.3 is 5.32 Å². The van der Waals surface area contributed by atoms with E-state index in [0.717, 1.165) is 0 Å². The van der Waals surface area contributed by atoms with E-state index in [9.17, 15) is 0 Å². The Balaban J connectivity index is 2.39. The van der Waals surface area contributed by atoms with Crippen LogP contribution in [0.3, 0.4) is 0 Å². The van der Waals surface area contributed by atoms with Crippen LogP contribution in [0.2, 0.25) is 0 Å². The van der Waals surface area contributed by atoms with Crippen molar-refractivity contribution < 1.29 is 0 Å². The molecule has 0 radical (unpaired) electrons. The van der Waals surface area contributed by atoms with Gasteiger partial charge >= 0.3 is 0 Å². The van der Waals surface area contributed by atoms with Crippen molar-refractivity contribution in [3.63, 3.8) is 0 Å². The second-order valence-electron chi connectivity index (χ2n) is 2.38. The lowest BCUT2D eigenvalue weighted by Gasteiger charge is -2.21. The van der Waals surface area contributed by atoms with E-state index in [1.807, 2.05) is 11.8 Å². The van der Waals surface area contributed by atoms with Crippen molar-refractivity contribution >= 4 is 11.8 Å². The average molecular weight is 143 g/mol. The lowest BCUT2D eigenvalue weighted by Crippen LogP contribution is -2.31. The van der Waals surface area contributed by atoms with E-state index in [0.29, 0.717) is 6.04 Å². The Bertz CT molecular complexity index is 120. The normalized spacial score (nSPS) is 26.9. The maximum atomic E-state index is 3.41. The minimum atomic E-state index is 0.708. The minimum absolute atomic E-state index is 0.708. The maximum absolute atomic E-state index is 3.41. The fourth-order valence-electron chi connectivity index (χ4n) is 0.907. The molecule has 1 heterocycles.